The summed E-state index contributed by atoms with van der Waals surface area (Å²) >= 11 is 12.1. The molecule has 1 aliphatic rings. The molecule has 2 aromatic carbocycles. The second-order valence-corrected chi connectivity index (χ2v) is 6.59. The molecule has 0 amide bonds. The maximum atomic E-state index is 11.1. The molecule has 1 N–H and O–H groups in total. The van der Waals surface area contributed by atoms with E-state index in [1.54, 1.807) is 24.3 Å². The minimum Gasteiger partial charge on any atom is -0.478 e. The average Bonchev–Trinajstić information content (AvgIpc) is 2.58. The second-order valence-electron chi connectivity index (χ2n) is 5.77. The van der Waals surface area contributed by atoms with Crippen LogP contribution in [0, 0.1) is 0 Å². The Morgan fingerprint density at radius 3 is 2.79 bits per heavy atom. The summed E-state index contributed by atoms with van der Waals surface area (Å²) in [6, 6.07) is 12.6. The fourth-order valence-corrected chi connectivity index (χ4v) is 3.13. The third-order valence-corrected chi connectivity index (χ3v) is 4.79. The minimum absolute atomic E-state index is 0.0730. The molecule has 24 heavy (non-hydrogen) atoms. The Labute approximate surface area is 150 Å². The van der Waals surface area contributed by atoms with Gasteiger partial charge in [0.2, 0.25) is 0 Å². The Morgan fingerprint density at radius 2 is 2.04 bits per heavy atom. The molecule has 1 fully saturated rings. The summed E-state index contributed by atoms with van der Waals surface area (Å²) in [4.78, 5) is 13.3. The first-order valence-electron chi connectivity index (χ1n) is 7.64. The molecule has 0 spiro atoms. The van der Waals surface area contributed by atoms with Crippen LogP contribution in [0.25, 0.3) is 0 Å². The maximum Gasteiger partial charge on any atom is 0.335 e. The van der Waals surface area contributed by atoms with E-state index in [2.05, 4.69) is 4.90 Å². The number of carboxylic acids is 1. The van der Waals surface area contributed by atoms with E-state index in [1.807, 2.05) is 18.2 Å². The summed E-state index contributed by atoms with van der Waals surface area (Å²) in [6.45, 7) is 2.82. The van der Waals surface area contributed by atoms with Crippen molar-refractivity contribution in [1.82, 2.24) is 4.90 Å². The van der Waals surface area contributed by atoms with Gasteiger partial charge in [0.05, 0.1) is 28.3 Å². The lowest BCUT2D eigenvalue weighted by atomic mass is 10.1. The smallest absolute Gasteiger partial charge is 0.335 e. The van der Waals surface area contributed by atoms with Gasteiger partial charge in [0, 0.05) is 19.6 Å². The largest absolute Gasteiger partial charge is 0.478 e. The van der Waals surface area contributed by atoms with Gasteiger partial charge in [0.25, 0.3) is 0 Å². The van der Waals surface area contributed by atoms with Crippen LogP contribution in [0.4, 0.5) is 0 Å². The molecule has 1 unspecified atom stereocenters. The van der Waals surface area contributed by atoms with Gasteiger partial charge in [-0.15, -0.1) is 0 Å². The van der Waals surface area contributed by atoms with Gasteiger partial charge in [0.15, 0.2) is 0 Å². The predicted octanol–water partition coefficient (Wildman–Crippen LogP) is 4.27. The first-order chi connectivity index (χ1) is 11.5. The van der Waals surface area contributed by atoms with Crippen LogP contribution in [0.15, 0.2) is 42.5 Å². The summed E-state index contributed by atoms with van der Waals surface area (Å²) in [5.74, 6) is -0.910. The fraction of sp³-hybridized carbons (Fsp3) is 0.278. The summed E-state index contributed by atoms with van der Waals surface area (Å²) in [5.41, 5.74) is 2.28. The van der Waals surface area contributed by atoms with E-state index in [9.17, 15) is 4.79 Å². The van der Waals surface area contributed by atoms with Crippen molar-refractivity contribution in [2.75, 3.05) is 19.7 Å². The number of aromatic carboxylic acids is 1. The molecule has 1 aliphatic heterocycles. The number of hydrogen-bond acceptors (Lipinski definition) is 3. The molecule has 0 radical (unpaired) electrons. The number of carboxylic acid groups (broad SMARTS) is 1. The van der Waals surface area contributed by atoms with Gasteiger partial charge >= 0.3 is 5.97 Å². The minimum atomic E-state index is -0.910. The lowest BCUT2D eigenvalue weighted by Gasteiger charge is -2.33. The number of rotatable bonds is 4. The summed E-state index contributed by atoms with van der Waals surface area (Å²) in [7, 11) is 0. The van der Waals surface area contributed by atoms with E-state index < -0.39 is 5.97 Å². The average molecular weight is 366 g/mol. The summed E-state index contributed by atoms with van der Waals surface area (Å²) in [5, 5.41) is 10.1. The normalized spacial score (nSPS) is 18.5. The molecule has 4 nitrogen and oxygen atoms in total. The zero-order valence-corrected chi connectivity index (χ0v) is 14.4. The first kappa shape index (κ1) is 17.2. The number of morpholine rings is 1. The lowest BCUT2D eigenvalue weighted by molar-refractivity contribution is -0.0329. The first-order valence-corrected chi connectivity index (χ1v) is 8.39. The highest BCUT2D eigenvalue weighted by Gasteiger charge is 2.22. The van der Waals surface area contributed by atoms with E-state index in [4.69, 9.17) is 33.0 Å². The van der Waals surface area contributed by atoms with E-state index in [1.165, 1.54) is 0 Å². The van der Waals surface area contributed by atoms with E-state index in [0.29, 0.717) is 28.8 Å². The van der Waals surface area contributed by atoms with Crippen LogP contribution >= 0.6 is 23.2 Å². The van der Waals surface area contributed by atoms with Crippen LogP contribution < -0.4 is 0 Å². The Balaban J connectivity index is 1.70. The molecule has 0 aliphatic carbocycles. The molecule has 1 atom stereocenters. The number of benzene rings is 2. The Kier molecular flexibility index (Phi) is 5.41. The van der Waals surface area contributed by atoms with Crippen molar-refractivity contribution < 1.29 is 14.6 Å². The van der Waals surface area contributed by atoms with Gasteiger partial charge in [-0.05, 0) is 35.4 Å². The van der Waals surface area contributed by atoms with Crippen LogP contribution in [-0.4, -0.2) is 35.7 Å². The van der Waals surface area contributed by atoms with Crippen LogP contribution in [0.5, 0.6) is 0 Å². The van der Waals surface area contributed by atoms with E-state index in [0.717, 1.165) is 24.2 Å². The topological polar surface area (TPSA) is 49.8 Å². The van der Waals surface area contributed by atoms with Gasteiger partial charge in [-0.25, -0.2) is 4.79 Å². The zero-order valence-electron chi connectivity index (χ0n) is 12.9. The van der Waals surface area contributed by atoms with Crippen molar-refractivity contribution >= 4 is 29.2 Å². The van der Waals surface area contributed by atoms with Gasteiger partial charge in [-0.3, -0.25) is 4.90 Å². The number of ether oxygens (including phenoxy) is 1. The van der Waals surface area contributed by atoms with Crippen molar-refractivity contribution in [3.63, 3.8) is 0 Å². The van der Waals surface area contributed by atoms with Crippen LogP contribution in [0.1, 0.15) is 27.6 Å². The highest BCUT2D eigenvalue weighted by molar-refractivity contribution is 6.42. The molecule has 1 saturated heterocycles. The zero-order chi connectivity index (χ0) is 17.1. The van der Waals surface area contributed by atoms with Crippen molar-refractivity contribution in [3.8, 4) is 0 Å². The number of carbonyl (C=O) groups is 1. The number of nitrogens with zero attached hydrogens (tertiary/aromatic N) is 1. The van der Waals surface area contributed by atoms with Gasteiger partial charge in [-0.2, -0.15) is 0 Å². The number of hydrogen-bond donors (Lipinski definition) is 1. The Morgan fingerprint density at radius 1 is 1.21 bits per heavy atom. The molecule has 6 heteroatoms. The summed E-state index contributed by atoms with van der Waals surface area (Å²) in [6.07, 6.45) is -0.0730. The second kappa shape index (κ2) is 7.53. The van der Waals surface area contributed by atoms with Crippen molar-refractivity contribution in [2.24, 2.45) is 0 Å². The third kappa shape index (κ3) is 4.08. The quantitative estimate of drug-likeness (QED) is 0.878. The maximum absolute atomic E-state index is 11.1. The molecule has 126 valence electrons. The van der Waals surface area contributed by atoms with Crippen LogP contribution in [0.3, 0.4) is 0 Å². The third-order valence-electron chi connectivity index (χ3n) is 4.05. The fourth-order valence-electron chi connectivity index (χ4n) is 2.82. The Bertz CT molecular complexity index is 751. The molecular weight excluding hydrogens is 349 g/mol. The van der Waals surface area contributed by atoms with Crippen molar-refractivity contribution in [3.05, 3.63) is 69.2 Å². The van der Waals surface area contributed by atoms with Gasteiger partial charge < -0.3 is 9.84 Å². The van der Waals surface area contributed by atoms with Crippen molar-refractivity contribution in [2.45, 2.75) is 12.6 Å². The van der Waals surface area contributed by atoms with Crippen molar-refractivity contribution in [1.29, 1.82) is 0 Å². The highest BCUT2D eigenvalue weighted by atomic mass is 35.5. The molecular formula is C18H17Cl2NO3. The number of halogens is 2. The summed E-state index contributed by atoms with van der Waals surface area (Å²) < 4.78 is 5.85. The van der Waals surface area contributed by atoms with Crippen LogP contribution in [0.2, 0.25) is 10.0 Å². The molecule has 2 aromatic rings. The highest BCUT2D eigenvalue weighted by Crippen LogP contribution is 2.29. The SMILES string of the molecule is O=C(O)c1cccc(CN2CCOC(c3ccc(Cl)c(Cl)c3)C2)c1. The molecule has 0 bridgehead atoms. The van der Waals surface area contributed by atoms with E-state index in [-0.39, 0.29) is 6.10 Å². The molecule has 0 aromatic heterocycles. The van der Waals surface area contributed by atoms with Gasteiger partial charge in [0.1, 0.15) is 0 Å². The van der Waals surface area contributed by atoms with Crippen LogP contribution in [-0.2, 0) is 11.3 Å². The standard InChI is InChI=1S/C18H17Cl2NO3/c19-15-5-4-13(9-16(15)20)17-11-21(6-7-24-17)10-12-2-1-3-14(8-12)18(22)23/h1-5,8-9,17H,6-7,10-11H2,(H,22,23). The predicted molar refractivity (Wildman–Crippen MR) is 93.8 cm³/mol. The van der Waals surface area contributed by atoms with E-state index >= 15 is 0 Å². The lowest BCUT2D eigenvalue weighted by Crippen LogP contribution is -2.37. The molecule has 1 heterocycles. The molecule has 0 saturated carbocycles. The molecule has 3 rings (SSSR count). The monoisotopic (exact) mass is 365 g/mol. The Hall–Kier alpha value is -1.59. The van der Waals surface area contributed by atoms with Gasteiger partial charge in [-0.1, -0.05) is 41.4 Å².